The van der Waals surface area contributed by atoms with Crippen LogP contribution in [0.25, 0.3) is 11.4 Å². The van der Waals surface area contributed by atoms with E-state index in [0.717, 1.165) is 10.5 Å². The highest BCUT2D eigenvalue weighted by Crippen LogP contribution is 2.31. The van der Waals surface area contributed by atoms with E-state index < -0.39 is 0 Å². The van der Waals surface area contributed by atoms with Crippen molar-refractivity contribution in [1.82, 2.24) is 15.2 Å². The molecule has 1 aromatic heterocycles. The normalized spacial score (nSPS) is 10.5. The maximum atomic E-state index is 12.1. The van der Waals surface area contributed by atoms with E-state index in [9.17, 15) is 4.79 Å². The van der Waals surface area contributed by atoms with Gasteiger partial charge in [0.25, 0.3) is 0 Å². The Morgan fingerprint density at radius 1 is 1.18 bits per heavy atom. The van der Waals surface area contributed by atoms with Crippen LogP contribution in [0.15, 0.2) is 47.4 Å². The average Bonchev–Trinajstić information content (AvgIpc) is 3.17. The number of amides is 1. The molecule has 1 amide bonds. The van der Waals surface area contributed by atoms with Gasteiger partial charge in [-0.1, -0.05) is 11.6 Å². The zero-order valence-corrected chi connectivity index (χ0v) is 16.9. The van der Waals surface area contributed by atoms with E-state index in [4.69, 9.17) is 21.1 Å². The molecule has 0 aliphatic heterocycles. The van der Waals surface area contributed by atoms with Gasteiger partial charge in [0.05, 0.1) is 19.8 Å². The van der Waals surface area contributed by atoms with E-state index in [1.54, 1.807) is 38.1 Å². The molecule has 3 aromatic rings. The standard InChI is InChI=1S/C19H19ClN4O3S/c1-26-13-5-8-15(16(11-13)27-2)18-22-19(24-23-18)21-17(25)9-10-28-14-6-3-12(20)4-7-14/h3-8,11H,9-10H2,1-2H3,(H2,21,22,23,24,25). The molecule has 0 bridgehead atoms. The summed E-state index contributed by atoms with van der Waals surface area (Å²) < 4.78 is 10.6. The molecule has 2 N–H and O–H groups in total. The van der Waals surface area contributed by atoms with Crippen molar-refractivity contribution in [2.75, 3.05) is 25.3 Å². The number of halogens is 1. The molecule has 0 spiro atoms. The molecular formula is C19H19ClN4O3S. The summed E-state index contributed by atoms with van der Waals surface area (Å²) in [4.78, 5) is 17.5. The predicted molar refractivity (Wildman–Crippen MR) is 110 cm³/mol. The first-order valence-corrected chi connectivity index (χ1v) is 9.78. The monoisotopic (exact) mass is 418 g/mol. The second-order valence-corrected chi connectivity index (χ2v) is 7.28. The Hall–Kier alpha value is -2.71. The number of methoxy groups -OCH3 is 2. The number of carbonyl (C=O) groups excluding carboxylic acids is 1. The van der Waals surface area contributed by atoms with Crippen LogP contribution in [0.2, 0.25) is 5.02 Å². The lowest BCUT2D eigenvalue weighted by Gasteiger charge is -2.07. The van der Waals surface area contributed by atoms with Crippen molar-refractivity contribution in [1.29, 1.82) is 0 Å². The van der Waals surface area contributed by atoms with E-state index in [1.807, 2.05) is 30.3 Å². The average molecular weight is 419 g/mol. The maximum absolute atomic E-state index is 12.1. The van der Waals surface area contributed by atoms with Gasteiger partial charge in [0.2, 0.25) is 11.9 Å². The molecule has 3 rings (SSSR count). The Bertz CT molecular complexity index is 947. The van der Waals surface area contributed by atoms with Crippen LogP contribution >= 0.6 is 23.4 Å². The molecule has 0 unspecified atom stereocenters. The lowest BCUT2D eigenvalue weighted by atomic mass is 10.2. The Labute approximate surface area is 171 Å². The number of ether oxygens (including phenoxy) is 2. The fourth-order valence-electron chi connectivity index (χ4n) is 2.41. The molecule has 0 aliphatic rings. The number of carbonyl (C=O) groups is 1. The van der Waals surface area contributed by atoms with Crippen LogP contribution in [-0.2, 0) is 4.79 Å². The van der Waals surface area contributed by atoms with Crippen molar-refractivity contribution in [2.45, 2.75) is 11.3 Å². The second-order valence-electron chi connectivity index (χ2n) is 5.67. The molecule has 0 atom stereocenters. The summed E-state index contributed by atoms with van der Waals surface area (Å²) in [7, 11) is 3.15. The van der Waals surface area contributed by atoms with Crippen molar-refractivity contribution >= 4 is 35.2 Å². The zero-order valence-electron chi connectivity index (χ0n) is 15.4. The summed E-state index contributed by atoms with van der Waals surface area (Å²) in [6.07, 6.45) is 0.336. The number of hydrogen-bond acceptors (Lipinski definition) is 6. The van der Waals surface area contributed by atoms with Crippen LogP contribution in [0.3, 0.4) is 0 Å². The maximum Gasteiger partial charge on any atom is 0.249 e. The number of aromatic nitrogens is 3. The molecule has 1 heterocycles. The summed E-state index contributed by atoms with van der Waals surface area (Å²) in [6, 6.07) is 12.9. The van der Waals surface area contributed by atoms with Crippen molar-refractivity contribution in [3.8, 4) is 22.9 Å². The first kappa shape index (κ1) is 20.0. The van der Waals surface area contributed by atoms with Crippen LogP contribution in [0.5, 0.6) is 11.5 Å². The van der Waals surface area contributed by atoms with Crippen molar-refractivity contribution in [3.63, 3.8) is 0 Å². The molecular weight excluding hydrogens is 400 g/mol. The number of thioether (sulfide) groups is 1. The number of rotatable bonds is 8. The first-order valence-electron chi connectivity index (χ1n) is 8.42. The second kappa shape index (κ2) is 9.48. The quantitative estimate of drug-likeness (QED) is 0.531. The van der Waals surface area contributed by atoms with Gasteiger partial charge in [0, 0.05) is 28.2 Å². The highest BCUT2D eigenvalue weighted by Gasteiger charge is 2.13. The van der Waals surface area contributed by atoms with Gasteiger partial charge >= 0.3 is 0 Å². The topological polar surface area (TPSA) is 89.1 Å². The van der Waals surface area contributed by atoms with E-state index in [-0.39, 0.29) is 11.9 Å². The molecule has 0 aliphatic carbocycles. The highest BCUT2D eigenvalue weighted by molar-refractivity contribution is 7.99. The fraction of sp³-hybridized carbons (Fsp3) is 0.211. The van der Waals surface area contributed by atoms with Gasteiger partial charge in [0.15, 0.2) is 5.82 Å². The predicted octanol–water partition coefficient (Wildman–Crippen LogP) is 4.26. The fourth-order valence-corrected chi connectivity index (χ4v) is 3.39. The van der Waals surface area contributed by atoms with E-state index in [1.165, 1.54) is 0 Å². The highest BCUT2D eigenvalue weighted by atomic mass is 35.5. The van der Waals surface area contributed by atoms with Gasteiger partial charge < -0.3 is 9.47 Å². The Morgan fingerprint density at radius 2 is 1.96 bits per heavy atom. The van der Waals surface area contributed by atoms with Gasteiger partial charge in [-0.05, 0) is 36.4 Å². The van der Waals surface area contributed by atoms with Crippen LogP contribution in [0, 0.1) is 0 Å². The molecule has 2 aromatic carbocycles. The number of benzene rings is 2. The van der Waals surface area contributed by atoms with Crippen molar-refractivity contribution in [2.24, 2.45) is 0 Å². The summed E-state index contributed by atoms with van der Waals surface area (Å²) >= 11 is 7.44. The third-order valence-electron chi connectivity index (χ3n) is 3.81. The third kappa shape index (κ3) is 5.17. The molecule has 9 heteroatoms. The molecule has 146 valence electrons. The van der Waals surface area contributed by atoms with E-state index in [2.05, 4.69) is 20.5 Å². The number of anilines is 1. The minimum atomic E-state index is -0.159. The lowest BCUT2D eigenvalue weighted by Crippen LogP contribution is -2.13. The van der Waals surface area contributed by atoms with Gasteiger partial charge in [-0.2, -0.15) is 4.98 Å². The summed E-state index contributed by atoms with van der Waals surface area (Å²) in [6.45, 7) is 0. The molecule has 0 saturated heterocycles. The molecule has 7 nitrogen and oxygen atoms in total. The van der Waals surface area contributed by atoms with Gasteiger partial charge in [0.1, 0.15) is 11.5 Å². The van der Waals surface area contributed by atoms with Crippen LogP contribution < -0.4 is 14.8 Å². The van der Waals surface area contributed by atoms with Crippen LogP contribution in [-0.4, -0.2) is 41.1 Å². The first-order chi connectivity index (χ1) is 13.6. The van der Waals surface area contributed by atoms with Gasteiger partial charge in [-0.25, -0.2) is 0 Å². The van der Waals surface area contributed by atoms with Crippen molar-refractivity contribution < 1.29 is 14.3 Å². The van der Waals surface area contributed by atoms with E-state index >= 15 is 0 Å². The summed E-state index contributed by atoms with van der Waals surface area (Å²) in [5, 5.41) is 10.2. The zero-order chi connectivity index (χ0) is 19.9. The molecule has 0 radical (unpaired) electrons. The largest absolute Gasteiger partial charge is 0.497 e. The summed E-state index contributed by atoms with van der Waals surface area (Å²) in [5.74, 6) is 2.45. The number of H-pyrrole nitrogens is 1. The Kier molecular flexibility index (Phi) is 6.78. The van der Waals surface area contributed by atoms with Gasteiger partial charge in [-0.3, -0.25) is 15.2 Å². The lowest BCUT2D eigenvalue weighted by molar-refractivity contribution is -0.115. The number of nitrogens with zero attached hydrogens (tertiary/aromatic N) is 2. The molecule has 0 saturated carbocycles. The number of hydrogen-bond donors (Lipinski definition) is 2. The molecule has 28 heavy (non-hydrogen) atoms. The third-order valence-corrected chi connectivity index (χ3v) is 5.08. The smallest absolute Gasteiger partial charge is 0.249 e. The van der Waals surface area contributed by atoms with E-state index in [0.29, 0.717) is 34.5 Å². The Morgan fingerprint density at radius 3 is 2.68 bits per heavy atom. The SMILES string of the molecule is COc1ccc(-c2nc(NC(=O)CCSc3ccc(Cl)cc3)n[nH]2)c(OC)c1. The minimum Gasteiger partial charge on any atom is -0.497 e. The van der Waals surface area contributed by atoms with Crippen molar-refractivity contribution in [3.05, 3.63) is 47.5 Å². The van der Waals surface area contributed by atoms with Gasteiger partial charge in [-0.15, -0.1) is 16.9 Å². The van der Waals surface area contributed by atoms with Crippen LogP contribution in [0.1, 0.15) is 6.42 Å². The minimum absolute atomic E-state index is 0.159. The number of aromatic amines is 1. The number of nitrogens with one attached hydrogen (secondary N) is 2. The van der Waals surface area contributed by atoms with Crippen LogP contribution in [0.4, 0.5) is 5.95 Å². The molecule has 0 fully saturated rings. The Balaban J connectivity index is 1.57. The summed E-state index contributed by atoms with van der Waals surface area (Å²) in [5.41, 5.74) is 0.717.